The van der Waals surface area contributed by atoms with Crippen molar-refractivity contribution in [1.29, 1.82) is 0 Å². The third-order valence-corrected chi connectivity index (χ3v) is 5.44. The summed E-state index contributed by atoms with van der Waals surface area (Å²) in [5.41, 5.74) is 3.28. The Morgan fingerprint density at radius 1 is 1.04 bits per heavy atom. The van der Waals surface area contributed by atoms with Gasteiger partial charge in [-0.15, -0.1) is 5.10 Å². The molecule has 0 fully saturated rings. The van der Waals surface area contributed by atoms with Crippen LogP contribution in [0.4, 0.5) is 15.9 Å². The number of halogens is 2. The second-order valence-corrected chi connectivity index (χ2v) is 7.23. The lowest BCUT2D eigenvalue weighted by molar-refractivity contribution is 0.628. The van der Waals surface area contributed by atoms with Crippen molar-refractivity contribution in [2.75, 3.05) is 11.9 Å². The highest BCUT2D eigenvalue weighted by atomic mass is 35.5. The minimum Gasteiger partial charge on any atom is -0.340 e. The molecule has 5 rings (SSSR count). The van der Waals surface area contributed by atoms with Gasteiger partial charge < -0.3 is 5.32 Å². The Bertz CT molecular complexity index is 1260. The van der Waals surface area contributed by atoms with Gasteiger partial charge in [-0.25, -0.2) is 9.37 Å². The van der Waals surface area contributed by atoms with E-state index in [1.165, 1.54) is 6.07 Å². The van der Waals surface area contributed by atoms with Crippen LogP contribution >= 0.6 is 22.9 Å². The molecule has 4 aromatic rings. The summed E-state index contributed by atoms with van der Waals surface area (Å²) in [5, 5.41) is 22.3. The van der Waals surface area contributed by atoms with Gasteiger partial charge in [0.2, 0.25) is 0 Å². The fourth-order valence-electron chi connectivity index (χ4n) is 3.07. The van der Waals surface area contributed by atoms with Crippen LogP contribution in [0.1, 0.15) is 5.56 Å². The quantitative estimate of drug-likeness (QED) is 0.451. The Balaban J connectivity index is 1.65. The van der Waals surface area contributed by atoms with E-state index < -0.39 is 5.82 Å². The summed E-state index contributed by atoms with van der Waals surface area (Å²) < 4.78 is 13.4. The van der Waals surface area contributed by atoms with Gasteiger partial charge in [0.1, 0.15) is 18.2 Å². The van der Waals surface area contributed by atoms with Crippen LogP contribution in [-0.2, 0) is 0 Å². The molecule has 0 bridgehead atoms. The number of pyridine rings is 1. The van der Waals surface area contributed by atoms with Gasteiger partial charge >= 0.3 is 0 Å². The fourth-order valence-corrected chi connectivity index (χ4v) is 4.09. The second-order valence-electron chi connectivity index (χ2n) is 6.08. The molecule has 3 heterocycles. The minimum atomic E-state index is -0.452. The molecule has 0 amide bonds. The highest BCUT2D eigenvalue weighted by Crippen LogP contribution is 2.34. The molecule has 0 saturated carbocycles. The zero-order valence-electron chi connectivity index (χ0n) is 13.8. The predicted octanol–water partition coefficient (Wildman–Crippen LogP) is 6.16. The first kappa shape index (κ1) is 16.3. The average molecular weight is 396 g/mol. The lowest BCUT2D eigenvalue weighted by atomic mass is 10.0. The molecular weight excluding hydrogens is 385 g/mol. The normalized spacial score (nSPS) is 13.5. The molecule has 1 aliphatic heterocycles. The summed E-state index contributed by atoms with van der Waals surface area (Å²) in [7, 11) is 0. The maximum absolute atomic E-state index is 13.4. The molecule has 0 radical (unpaired) electrons. The lowest BCUT2D eigenvalue weighted by Crippen LogP contribution is -2.02. The van der Waals surface area contributed by atoms with E-state index in [0.717, 1.165) is 33.0 Å². The van der Waals surface area contributed by atoms with Crippen molar-refractivity contribution in [1.82, 2.24) is 4.98 Å². The van der Waals surface area contributed by atoms with Crippen LogP contribution in [0.5, 0.6) is 0 Å². The Hall–Kier alpha value is -2.90. The van der Waals surface area contributed by atoms with Crippen molar-refractivity contribution in [3.05, 3.63) is 63.6 Å². The van der Waals surface area contributed by atoms with Gasteiger partial charge in [-0.3, -0.25) is 0 Å². The van der Waals surface area contributed by atoms with Gasteiger partial charge in [0.25, 0.3) is 0 Å². The van der Waals surface area contributed by atoms with Gasteiger partial charge in [0.05, 0.1) is 16.3 Å². The van der Waals surface area contributed by atoms with E-state index in [1.54, 1.807) is 23.5 Å². The number of nitrogens with one attached hydrogen (secondary N) is 1. The van der Waals surface area contributed by atoms with Crippen LogP contribution in [-0.4, -0.2) is 17.2 Å². The first-order valence-electron chi connectivity index (χ1n) is 8.14. The van der Waals surface area contributed by atoms with Gasteiger partial charge in [0.15, 0.2) is 0 Å². The first-order valence-corrected chi connectivity index (χ1v) is 9.46. The summed E-state index contributed by atoms with van der Waals surface area (Å²) in [6.45, 7) is 0.478. The molecule has 1 aliphatic rings. The summed E-state index contributed by atoms with van der Waals surface area (Å²) >= 11 is 7.51. The third kappa shape index (κ3) is 2.85. The van der Waals surface area contributed by atoms with Crippen molar-refractivity contribution < 1.29 is 4.39 Å². The lowest BCUT2D eigenvalue weighted by Gasteiger charge is -2.11. The van der Waals surface area contributed by atoms with Crippen molar-refractivity contribution in [2.45, 2.75) is 0 Å². The Kier molecular flexibility index (Phi) is 3.84. The number of aromatic nitrogens is 1. The second kappa shape index (κ2) is 6.37. The van der Waals surface area contributed by atoms with E-state index in [9.17, 15) is 4.39 Å². The van der Waals surface area contributed by atoms with Crippen LogP contribution < -0.4 is 5.32 Å². The van der Waals surface area contributed by atoms with Crippen LogP contribution in [0.15, 0.2) is 62.6 Å². The molecule has 1 N–H and O–H groups in total. The molecule has 2 aromatic carbocycles. The molecule has 0 unspecified atom stereocenters. The molecular formula is C19H11ClFN5S. The summed E-state index contributed by atoms with van der Waals surface area (Å²) in [5.74, 6) is 0.244. The SMILES string of the molecule is Fc1ccc(Nc2nc3cc(C4=NN=NC4)ccc3c3cscc23)cc1Cl. The standard InChI is InChI=1S/C19H11ClFN5S/c20-15-6-11(2-4-16(15)21)23-19-14-9-27-8-13(14)12-3-1-10(5-17(12)24-19)18-7-22-26-25-18/h1-6,8-9H,7H2,(H,23,24). The van der Waals surface area contributed by atoms with E-state index in [1.807, 2.05) is 23.6 Å². The Morgan fingerprint density at radius 2 is 1.93 bits per heavy atom. The highest BCUT2D eigenvalue weighted by molar-refractivity contribution is 7.09. The third-order valence-electron chi connectivity index (χ3n) is 4.40. The van der Waals surface area contributed by atoms with Crippen LogP contribution in [0.2, 0.25) is 5.02 Å². The number of hydrogen-bond donors (Lipinski definition) is 1. The minimum absolute atomic E-state index is 0.0661. The number of nitrogens with zero attached hydrogens (tertiary/aromatic N) is 4. The Labute approximate surface area is 162 Å². The largest absolute Gasteiger partial charge is 0.340 e. The number of fused-ring (bicyclic) bond motifs is 3. The number of benzene rings is 2. The molecule has 0 atom stereocenters. The molecule has 132 valence electrons. The monoisotopic (exact) mass is 395 g/mol. The van der Waals surface area contributed by atoms with E-state index in [2.05, 4.69) is 26.1 Å². The van der Waals surface area contributed by atoms with Crippen molar-refractivity contribution in [2.24, 2.45) is 15.4 Å². The average Bonchev–Trinajstić information content (AvgIpc) is 3.36. The van der Waals surface area contributed by atoms with E-state index in [0.29, 0.717) is 18.1 Å². The predicted molar refractivity (Wildman–Crippen MR) is 108 cm³/mol. The first-order chi connectivity index (χ1) is 13.2. The summed E-state index contributed by atoms with van der Waals surface area (Å²) in [4.78, 5) is 4.80. The maximum Gasteiger partial charge on any atom is 0.141 e. The maximum atomic E-state index is 13.4. The van der Waals surface area contributed by atoms with E-state index in [-0.39, 0.29) is 5.02 Å². The molecule has 27 heavy (non-hydrogen) atoms. The molecule has 8 heteroatoms. The summed E-state index contributed by atoms with van der Waals surface area (Å²) in [6.07, 6.45) is 0. The van der Waals surface area contributed by atoms with Crippen LogP contribution in [0.25, 0.3) is 21.7 Å². The van der Waals surface area contributed by atoms with Crippen molar-refractivity contribution in [3.63, 3.8) is 0 Å². The zero-order chi connectivity index (χ0) is 18.4. The Morgan fingerprint density at radius 3 is 2.74 bits per heavy atom. The molecule has 5 nitrogen and oxygen atoms in total. The van der Waals surface area contributed by atoms with Crippen molar-refractivity contribution >= 4 is 61.8 Å². The van der Waals surface area contributed by atoms with Gasteiger partial charge in [0, 0.05) is 32.8 Å². The van der Waals surface area contributed by atoms with E-state index >= 15 is 0 Å². The van der Waals surface area contributed by atoms with Gasteiger partial charge in [-0.1, -0.05) is 23.7 Å². The van der Waals surface area contributed by atoms with Crippen LogP contribution in [0.3, 0.4) is 0 Å². The zero-order valence-corrected chi connectivity index (χ0v) is 15.4. The topological polar surface area (TPSA) is 62.0 Å². The number of rotatable bonds is 3. The van der Waals surface area contributed by atoms with Crippen molar-refractivity contribution in [3.8, 4) is 0 Å². The molecule has 0 aliphatic carbocycles. The van der Waals surface area contributed by atoms with E-state index in [4.69, 9.17) is 16.6 Å². The highest BCUT2D eigenvalue weighted by Gasteiger charge is 2.13. The fraction of sp³-hybridized carbons (Fsp3) is 0.0526. The number of anilines is 2. The smallest absolute Gasteiger partial charge is 0.141 e. The van der Waals surface area contributed by atoms with Gasteiger partial charge in [-0.05, 0) is 34.9 Å². The summed E-state index contributed by atoms with van der Waals surface area (Å²) in [6, 6.07) is 10.6. The number of hydrogen-bond acceptors (Lipinski definition) is 6. The van der Waals surface area contributed by atoms with Gasteiger partial charge in [-0.2, -0.15) is 16.5 Å². The van der Waals surface area contributed by atoms with Crippen LogP contribution in [0, 0.1) is 5.82 Å². The molecule has 0 saturated heterocycles. The number of thiophene rings is 1. The molecule has 0 spiro atoms. The molecule has 2 aromatic heterocycles.